The molecule has 0 aromatic carbocycles. The molecular weight excluding hydrogens is 248 g/mol. The predicted molar refractivity (Wildman–Crippen MR) is 83.1 cm³/mol. The van der Waals surface area contributed by atoms with Crippen LogP contribution in [0.25, 0.3) is 0 Å². The van der Waals surface area contributed by atoms with E-state index in [1.54, 1.807) is 0 Å². The van der Waals surface area contributed by atoms with Gasteiger partial charge in [-0.1, -0.05) is 19.8 Å². The minimum atomic E-state index is 0.702. The highest BCUT2D eigenvalue weighted by Gasteiger charge is 2.33. The molecule has 3 rings (SSSR count). The number of fused-ring (bicyclic) bond motifs is 1. The average Bonchev–Trinajstić information content (AvgIpc) is 2.52. The third kappa shape index (κ3) is 2.89. The van der Waals surface area contributed by atoms with Crippen LogP contribution in [0.3, 0.4) is 0 Å². The monoisotopic (exact) mass is 274 g/mol. The van der Waals surface area contributed by atoms with Crippen molar-refractivity contribution >= 4 is 11.6 Å². The van der Waals surface area contributed by atoms with E-state index in [2.05, 4.69) is 22.1 Å². The van der Waals surface area contributed by atoms with Crippen LogP contribution in [-0.2, 0) is 0 Å². The van der Waals surface area contributed by atoms with Crippen LogP contribution in [0.2, 0.25) is 0 Å². The van der Waals surface area contributed by atoms with Crippen molar-refractivity contribution in [1.82, 2.24) is 9.97 Å². The van der Waals surface area contributed by atoms with Gasteiger partial charge in [0.25, 0.3) is 0 Å². The predicted octanol–water partition coefficient (Wildman–Crippen LogP) is 3.46. The van der Waals surface area contributed by atoms with E-state index in [1.807, 2.05) is 12.4 Å². The minimum Gasteiger partial charge on any atom is -0.369 e. The Morgan fingerprint density at radius 3 is 2.95 bits per heavy atom. The first-order valence-corrected chi connectivity index (χ1v) is 8.21. The van der Waals surface area contributed by atoms with Crippen LogP contribution >= 0.6 is 0 Å². The van der Waals surface area contributed by atoms with Crippen LogP contribution in [-0.4, -0.2) is 29.1 Å². The van der Waals surface area contributed by atoms with Crippen molar-refractivity contribution in [3.8, 4) is 0 Å². The van der Waals surface area contributed by atoms with Crippen molar-refractivity contribution in [3.05, 3.63) is 12.4 Å². The Labute approximate surface area is 122 Å². The standard InChI is InChI=1S/C16H26N4/c1-2-9-18-15-11-17-12-16(19-15)20-10-5-7-13-6-3-4-8-14(13)20/h11-14H,2-10H2,1H3,(H,18,19)/t13-,14-/m1/s1. The summed E-state index contributed by atoms with van der Waals surface area (Å²) in [4.78, 5) is 11.7. The maximum Gasteiger partial charge on any atom is 0.149 e. The number of anilines is 2. The average molecular weight is 274 g/mol. The second-order valence-electron chi connectivity index (χ2n) is 6.14. The summed E-state index contributed by atoms with van der Waals surface area (Å²) in [6.07, 6.45) is 13.1. The molecule has 1 N–H and O–H groups in total. The fourth-order valence-electron chi connectivity index (χ4n) is 3.74. The molecule has 4 nitrogen and oxygen atoms in total. The quantitative estimate of drug-likeness (QED) is 0.913. The smallest absolute Gasteiger partial charge is 0.149 e. The molecule has 2 fully saturated rings. The molecule has 1 aromatic rings. The molecule has 0 radical (unpaired) electrons. The fourth-order valence-corrected chi connectivity index (χ4v) is 3.74. The first-order valence-electron chi connectivity index (χ1n) is 8.21. The Morgan fingerprint density at radius 1 is 1.20 bits per heavy atom. The van der Waals surface area contributed by atoms with Gasteiger partial charge in [0, 0.05) is 19.1 Å². The van der Waals surface area contributed by atoms with Gasteiger partial charge in [-0.25, -0.2) is 4.98 Å². The van der Waals surface area contributed by atoms with Crippen LogP contribution in [0.1, 0.15) is 51.9 Å². The summed E-state index contributed by atoms with van der Waals surface area (Å²) in [7, 11) is 0. The fraction of sp³-hybridized carbons (Fsp3) is 0.750. The summed E-state index contributed by atoms with van der Waals surface area (Å²) in [5.74, 6) is 2.87. The topological polar surface area (TPSA) is 41.1 Å². The lowest BCUT2D eigenvalue weighted by Gasteiger charge is -2.44. The second-order valence-corrected chi connectivity index (χ2v) is 6.14. The van der Waals surface area contributed by atoms with Crippen molar-refractivity contribution in [2.75, 3.05) is 23.3 Å². The van der Waals surface area contributed by atoms with Gasteiger partial charge in [0.2, 0.25) is 0 Å². The molecule has 110 valence electrons. The Morgan fingerprint density at radius 2 is 2.05 bits per heavy atom. The molecule has 0 spiro atoms. The third-order valence-electron chi connectivity index (χ3n) is 4.72. The Balaban J connectivity index is 1.76. The van der Waals surface area contributed by atoms with Gasteiger partial charge in [-0.05, 0) is 38.0 Å². The summed E-state index contributed by atoms with van der Waals surface area (Å²) in [5, 5.41) is 3.35. The lowest BCUT2D eigenvalue weighted by molar-refractivity contribution is 0.242. The summed E-state index contributed by atoms with van der Waals surface area (Å²) in [5.41, 5.74) is 0. The maximum absolute atomic E-state index is 4.78. The molecule has 0 bridgehead atoms. The molecule has 1 aliphatic carbocycles. The summed E-state index contributed by atoms with van der Waals surface area (Å²) >= 11 is 0. The van der Waals surface area contributed by atoms with E-state index in [4.69, 9.17) is 4.98 Å². The SMILES string of the molecule is CCCNc1cncc(N2CCC[C@H]3CCCC[C@H]32)n1. The first-order chi connectivity index (χ1) is 9.88. The van der Waals surface area contributed by atoms with E-state index in [0.717, 1.165) is 37.1 Å². The molecule has 2 heterocycles. The van der Waals surface area contributed by atoms with Crippen LogP contribution < -0.4 is 10.2 Å². The van der Waals surface area contributed by atoms with Gasteiger partial charge in [0.05, 0.1) is 12.4 Å². The highest BCUT2D eigenvalue weighted by Crippen LogP contribution is 2.37. The van der Waals surface area contributed by atoms with Gasteiger partial charge >= 0.3 is 0 Å². The molecule has 20 heavy (non-hydrogen) atoms. The third-order valence-corrected chi connectivity index (χ3v) is 4.72. The Kier molecular flexibility index (Phi) is 4.38. The van der Waals surface area contributed by atoms with Crippen LogP contribution in [0.4, 0.5) is 11.6 Å². The van der Waals surface area contributed by atoms with Crippen molar-refractivity contribution in [1.29, 1.82) is 0 Å². The zero-order chi connectivity index (χ0) is 13.8. The van der Waals surface area contributed by atoms with Gasteiger partial charge in [-0.15, -0.1) is 0 Å². The van der Waals surface area contributed by atoms with Crippen LogP contribution in [0.15, 0.2) is 12.4 Å². The Hall–Kier alpha value is -1.32. The molecule has 1 aliphatic heterocycles. The zero-order valence-electron chi connectivity index (χ0n) is 12.5. The molecule has 4 heteroatoms. The molecule has 2 aliphatic rings. The van der Waals surface area contributed by atoms with Gasteiger partial charge in [-0.2, -0.15) is 0 Å². The minimum absolute atomic E-state index is 0.702. The van der Waals surface area contributed by atoms with Crippen LogP contribution in [0.5, 0.6) is 0 Å². The molecule has 1 aromatic heterocycles. The van der Waals surface area contributed by atoms with E-state index in [0.29, 0.717) is 6.04 Å². The molecule has 1 saturated carbocycles. The highest BCUT2D eigenvalue weighted by atomic mass is 15.2. The van der Waals surface area contributed by atoms with E-state index >= 15 is 0 Å². The number of piperidine rings is 1. The van der Waals surface area contributed by atoms with Crippen molar-refractivity contribution in [2.24, 2.45) is 5.92 Å². The largest absolute Gasteiger partial charge is 0.369 e. The number of aromatic nitrogens is 2. The van der Waals surface area contributed by atoms with E-state index < -0.39 is 0 Å². The number of nitrogens with zero attached hydrogens (tertiary/aromatic N) is 3. The van der Waals surface area contributed by atoms with Crippen LogP contribution in [0, 0.1) is 5.92 Å². The second kappa shape index (κ2) is 6.42. The summed E-state index contributed by atoms with van der Waals surface area (Å²) in [6, 6.07) is 0.702. The summed E-state index contributed by atoms with van der Waals surface area (Å²) in [6.45, 7) is 4.28. The number of rotatable bonds is 4. The van der Waals surface area contributed by atoms with Gasteiger partial charge in [0.15, 0.2) is 0 Å². The highest BCUT2D eigenvalue weighted by molar-refractivity contribution is 5.45. The van der Waals surface area contributed by atoms with E-state index in [9.17, 15) is 0 Å². The lowest BCUT2D eigenvalue weighted by Crippen LogP contribution is -2.47. The van der Waals surface area contributed by atoms with Gasteiger partial charge < -0.3 is 10.2 Å². The zero-order valence-corrected chi connectivity index (χ0v) is 12.5. The maximum atomic E-state index is 4.78. The number of hydrogen-bond acceptors (Lipinski definition) is 4. The van der Waals surface area contributed by atoms with Gasteiger partial charge in [-0.3, -0.25) is 4.98 Å². The van der Waals surface area contributed by atoms with Crippen molar-refractivity contribution < 1.29 is 0 Å². The van der Waals surface area contributed by atoms with E-state index in [1.165, 1.54) is 38.5 Å². The lowest BCUT2D eigenvalue weighted by atomic mass is 9.78. The van der Waals surface area contributed by atoms with Crippen molar-refractivity contribution in [2.45, 2.75) is 57.9 Å². The van der Waals surface area contributed by atoms with Gasteiger partial charge in [0.1, 0.15) is 11.6 Å². The molecule has 0 amide bonds. The van der Waals surface area contributed by atoms with Crippen molar-refractivity contribution in [3.63, 3.8) is 0 Å². The number of hydrogen-bond donors (Lipinski definition) is 1. The molecular formula is C16H26N4. The molecule has 1 saturated heterocycles. The normalized spacial score (nSPS) is 26.1. The molecule has 0 unspecified atom stereocenters. The van der Waals surface area contributed by atoms with E-state index in [-0.39, 0.29) is 0 Å². The molecule has 2 atom stereocenters. The number of nitrogens with one attached hydrogen (secondary N) is 1. The first kappa shape index (κ1) is 13.7. The summed E-state index contributed by atoms with van der Waals surface area (Å²) < 4.78 is 0. The Bertz CT molecular complexity index is 432.